The number of halogens is 1. The molecule has 1 unspecified atom stereocenters. The van der Waals surface area contributed by atoms with Crippen LogP contribution in [0.1, 0.15) is 13.8 Å². The largest absolute Gasteiger partial charge is 0.479 e. The Labute approximate surface area is 155 Å². The van der Waals surface area contributed by atoms with Gasteiger partial charge < -0.3 is 14.8 Å². The van der Waals surface area contributed by atoms with Crippen molar-refractivity contribution in [3.05, 3.63) is 47.5 Å². The highest BCUT2D eigenvalue weighted by molar-refractivity contribution is 6.31. The number of hydrogen-bond donors (Lipinski definition) is 1. The summed E-state index contributed by atoms with van der Waals surface area (Å²) in [6, 6.07) is 12.3. The summed E-state index contributed by atoms with van der Waals surface area (Å²) >= 11 is 5.92. The molecule has 0 bridgehead atoms. The van der Waals surface area contributed by atoms with Gasteiger partial charge in [0.1, 0.15) is 11.3 Å². The van der Waals surface area contributed by atoms with Crippen LogP contribution in [0.5, 0.6) is 5.75 Å². The van der Waals surface area contributed by atoms with Crippen LogP contribution in [0.25, 0.3) is 11.0 Å². The second-order valence-electron chi connectivity index (χ2n) is 5.43. The lowest BCUT2D eigenvalue weighted by Crippen LogP contribution is -2.26. The molecule has 0 amide bonds. The Morgan fingerprint density at radius 2 is 1.92 bits per heavy atom. The standard InChI is InChI=1S/C18H17ClN4O3/c1-3-25-17(24)11(2)26-14-7-5-13(6-8-14)20-18-21-15-9-4-12(19)10-16(15)22-23-18/h4-11H,3H2,1-2H3,(H,20,21,23). The summed E-state index contributed by atoms with van der Waals surface area (Å²) in [6.07, 6.45) is -0.673. The van der Waals surface area contributed by atoms with E-state index in [1.165, 1.54) is 0 Å². The van der Waals surface area contributed by atoms with E-state index >= 15 is 0 Å². The Bertz CT molecular complexity index is 918. The van der Waals surface area contributed by atoms with Gasteiger partial charge in [0.25, 0.3) is 0 Å². The van der Waals surface area contributed by atoms with Crippen LogP contribution in [0.2, 0.25) is 5.02 Å². The quantitative estimate of drug-likeness (QED) is 0.659. The fourth-order valence-corrected chi connectivity index (χ4v) is 2.39. The molecular formula is C18H17ClN4O3. The van der Waals surface area contributed by atoms with E-state index in [4.69, 9.17) is 21.1 Å². The normalized spacial score (nSPS) is 11.8. The van der Waals surface area contributed by atoms with Gasteiger partial charge in [-0.05, 0) is 56.3 Å². The maximum absolute atomic E-state index is 11.6. The number of ether oxygens (including phenoxy) is 2. The molecule has 3 aromatic rings. The van der Waals surface area contributed by atoms with Crippen LogP contribution in [0.3, 0.4) is 0 Å². The third-order valence-electron chi connectivity index (χ3n) is 3.46. The maximum Gasteiger partial charge on any atom is 0.347 e. The molecular weight excluding hydrogens is 356 g/mol. The summed E-state index contributed by atoms with van der Waals surface area (Å²) in [5.74, 6) is 0.530. The molecule has 1 aromatic heterocycles. The predicted octanol–water partition coefficient (Wildman–Crippen LogP) is 3.75. The van der Waals surface area contributed by atoms with Gasteiger partial charge in [-0.3, -0.25) is 0 Å². The van der Waals surface area contributed by atoms with Crippen molar-refractivity contribution in [3.63, 3.8) is 0 Å². The Kier molecular flexibility index (Phi) is 5.48. The summed E-state index contributed by atoms with van der Waals surface area (Å²) < 4.78 is 10.5. The van der Waals surface area contributed by atoms with Crippen LogP contribution in [-0.4, -0.2) is 33.9 Å². The Morgan fingerprint density at radius 3 is 2.65 bits per heavy atom. The maximum atomic E-state index is 11.6. The molecule has 0 spiro atoms. The monoisotopic (exact) mass is 372 g/mol. The van der Waals surface area contributed by atoms with Crippen LogP contribution in [0.4, 0.5) is 11.6 Å². The molecule has 0 radical (unpaired) electrons. The number of fused-ring (bicyclic) bond motifs is 1. The first-order chi connectivity index (χ1) is 12.5. The number of aromatic nitrogens is 3. The van der Waals surface area contributed by atoms with Gasteiger partial charge in [-0.25, -0.2) is 9.78 Å². The molecule has 1 atom stereocenters. The Balaban J connectivity index is 1.67. The number of rotatable bonds is 6. The van der Waals surface area contributed by atoms with E-state index in [-0.39, 0.29) is 0 Å². The molecule has 3 rings (SSSR count). The second-order valence-corrected chi connectivity index (χ2v) is 5.87. The number of carbonyl (C=O) groups is 1. The highest BCUT2D eigenvalue weighted by Crippen LogP contribution is 2.21. The van der Waals surface area contributed by atoms with Gasteiger partial charge in [-0.2, -0.15) is 0 Å². The van der Waals surface area contributed by atoms with Crippen molar-refractivity contribution in [2.45, 2.75) is 20.0 Å². The van der Waals surface area contributed by atoms with Crippen molar-refractivity contribution in [3.8, 4) is 5.75 Å². The van der Waals surface area contributed by atoms with Gasteiger partial charge in [-0.15, -0.1) is 10.2 Å². The highest BCUT2D eigenvalue weighted by Gasteiger charge is 2.15. The molecule has 2 aromatic carbocycles. The minimum Gasteiger partial charge on any atom is -0.479 e. The molecule has 0 fully saturated rings. The molecule has 0 saturated heterocycles. The van der Waals surface area contributed by atoms with Gasteiger partial charge in [0.2, 0.25) is 5.95 Å². The summed E-state index contributed by atoms with van der Waals surface area (Å²) in [6.45, 7) is 3.72. The van der Waals surface area contributed by atoms with Crippen molar-refractivity contribution in [1.82, 2.24) is 15.2 Å². The van der Waals surface area contributed by atoms with Crippen LogP contribution in [0.15, 0.2) is 42.5 Å². The fraction of sp³-hybridized carbons (Fsp3) is 0.222. The first kappa shape index (κ1) is 17.9. The van der Waals surface area contributed by atoms with Crippen molar-refractivity contribution < 1.29 is 14.3 Å². The number of benzene rings is 2. The first-order valence-corrected chi connectivity index (χ1v) is 8.43. The van der Waals surface area contributed by atoms with Crippen LogP contribution >= 0.6 is 11.6 Å². The summed E-state index contributed by atoms with van der Waals surface area (Å²) in [7, 11) is 0. The van der Waals surface area contributed by atoms with Gasteiger partial charge in [0.05, 0.1) is 12.1 Å². The van der Waals surface area contributed by atoms with Crippen LogP contribution < -0.4 is 10.1 Å². The number of esters is 1. The summed E-state index contributed by atoms with van der Waals surface area (Å²) in [5, 5.41) is 11.8. The minimum absolute atomic E-state index is 0.321. The smallest absolute Gasteiger partial charge is 0.347 e. The average Bonchev–Trinajstić information content (AvgIpc) is 2.63. The summed E-state index contributed by atoms with van der Waals surface area (Å²) in [5.41, 5.74) is 2.08. The zero-order chi connectivity index (χ0) is 18.5. The second kappa shape index (κ2) is 7.97. The third-order valence-corrected chi connectivity index (χ3v) is 3.69. The number of anilines is 2. The Morgan fingerprint density at radius 1 is 1.15 bits per heavy atom. The summed E-state index contributed by atoms with van der Waals surface area (Å²) in [4.78, 5) is 16.0. The van der Waals surface area contributed by atoms with E-state index < -0.39 is 12.1 Å². The van der Waals surface area contributed by atoms with E-state index in [9.17, 15) is 4.79 Å². The van der Waals surface area contributed by atoms with Crippen molar-refractivity contribution in [2.75, 3.05) is 11.9 Å². The molecule has 1 N–H and O–H groups in total. The van der Waals surface area contributed by atoms with Crippen molar-refractivity contribution >= 4 is 40.2 Å². The van der Waals surface area contributed by atoms with Gasteiger partial charge in [0, 0.05) is 10.7 Å². The van der Waals surface area contributed by atoms with E-state index in [1.54, 1.807) is 56.3 Å². The van der Waals surface area contributed by atoms with E-state index in [0.29, 0.717) is 34.4 Å². The SMILES string of the molecule is CCOC(=O)C(C)Oc1ccc(Nc2nnc3cc(Cl)ccc3n2)cc1. The predicted molar refractivity (Wildman–Crippen MR) is 98.8 cm³/mol. The van der Waals surface area contributed by atoms with E-state index in [1.807, 2.05) is 0 Å². The van der Waals surface area contributed by atoms with Crippen molar-refractivity contribution in [1.29, 1.82) is 0 Å². The fourth-order valence-electron chi connectivity index (χ4n) is 2.22. The van der Waals surface area contributed by atoms with E-state index in [2.05, 4.69) is 20.5 Å². The molecule has 0 saturated carbocycles. The van der Waals surface area contributed by atoms with Gasteiger partial charge in [-0.1, -0.05) is 11.6 Å². The highest BCUT2D eigenvalue weighted by atomic mass is 35.5. The lowest BCUT2D eigenvalue weighted by atomic mass is 10.3. The first-order valence-electron chi connectivity index (χ1n) is 8.05. The lowest BCUT2D eigenvalue weighted by molar-refractivity contribution is -0.150. The zero-order valence-electron chi connectivity index (χ0n) is 14.3. The number of carbonyl (C=O) groups excluding carboxylic acids is 1. The number of nitrogens with one attached hydrogen (secondary N) is 1. The van der Waals surface area contributed by atoms with E-state index in [0.717, 1.165) is 5.69 Å². The molecule has 26 heavy (non-hydrogen) atoms. The molecule has 7 nitrogen and oxygen atoms in total. The molecule has 0 aliphatic rings. The topological polar surface area (TPSA) is 86.2 Å². The van der Waals surface area contributed by atoms with Crippen LogP contribution in [-0.2, 0) is 9.53 Å². The molecule has 0 aliphatic carbocycles. The van der Waals surface area contributed by atoms with Crippen molar-refractivity contribution in [2.24, 2.45) is 0 Å². The average molecular weight is 373 g/mol. The number of hydrogen-bond acceptors (Lipinski definition) is 7. The molecule has 8 heteroatoms. The van der Waals surface area contributed by atoms with Crippen LogP contribution in [0, 0.1) is 0 Å². The molecule has 1 heterocycles. The lowest BCUT2D eigenvalue weighted by Gasteiger charge is -2.13. The Hall–Kier alpha value is -2.93. The third kappa shape index (κ3) is 4.37. The van der Waals surface area contributed by atoms with Gasteiger partial charge >= 0.3 is 5.97 Å². The zero-order valence-corrected chi connectivity index (χ0v) is 15.0. The minimum atomic E-state index is -0.673. The van der Waals surface area contributed by atoms with Gasteiger partial charge in [0.15, 0.2) is 6.10 Å². The number of nitrogens with zero attached hydrogens (tertiary/aromatic N) is 3. The molecule has 134 valence electrons. The molecule has 0 aliphatic heterocycles.